The van der Waals surface area contributed by atoms with Crippen LogP contribution >= 0.6 is 0 Å². The fourth-order valence-electron chi connectivity index (χ4n) is 1.25. The van der Waals surface area contributed by atoms with Crippen LogP contribution in [0.25, 0.3) is 0 Å². The van der Waals surface area contributed by atoms with Crippen LogP contribution in [0, 0.1) is 0 Å². The van der Waals surface area contributed by atoms with Crippen LogP contribution in [0.5, 0.6) is 0 Å². The van der Waals surface area contributed by atoms with Crippen molar-refractivity contribution in [2.75, 3.05) is 27.4 Å². The van der Waals surface area contributed by atoms with Crippen LogP contribution in [0.1, 0.15) is 19.8 Å². The van der Waals surface area contributed by atoms with Gasteiger partial charge in [-0.2, -0.15) is 0 Å². The molecule has 5 heteroatoms. The van der Waals surface area contributed by atoms with Crippen molar-refractivity contribution in [1.82, 2.24) is 0 Å². The third kappa shape index (κ3) is 6.50. The summed E-state index contributed by atoms with van der Waals surface area (Å²) in [5.41, 5.74) is 0. The summed E-state index contributed by atoms with van der Waals surface area (Å²) in [6.45, 7) is 3.75. The molecule has 1 atom stereocenters. The van der Waals surface area contributed by atoms with E-state index in [1.165, 1.54) is 0 Å². The Morgan fingerprint density at radius 2 is 1.86 bits per heavy atom. The monoisotopic (exact) mass is 221 g/mol. The SMILES string of the molecule is CCCOCCC[SiH](N)C(OC)OC. The van der Waals surface area contributed by atoms with Crippen LogP contribution in [0.4, 0.5) is 0 Å². The van der Waals surface area contributed by atoms with Crippen molar-refractivity contribution in [3.63, 3.8) is 0 Å². The van der Waals surface area contributed by atoms with E-state index in [4.69, 9.17) is 19.6 Å². The van der Waals surface area contributed by atoms with Crippen LogP contribution < -0.4 is 5.40 Å². The highest BCUT2D eigenvalue weighted by atomic mass is 28.3. The van der Waals surface area contributed by atoms with Crippen LogP contribution in [0.15, 0.2) is 0 Å². The maximum atomic E-state index is 5.99. The molecule has 0 aliphatic rings. The van der Waals surface area contributed by atoms with Crippen molar-refractivity contribution in [1.29, 1.82) is 0 Å². The van der Waals surface area contributed by atoms with Gasteiger partial charge in [-0.3, -0.25) is 0 Å². The molecular formula is C9H23NO3Si. The summed E-state index contributed by atoms with van der Waals surface area (Å²) in [6.07, 6.45) is 2.08. The number of rotatable bonds is 9. The predicted molar refractivity (Wildman–Crippen MR) is 59.7 cm³/mol. The minimum absolute atomic E-state index is 0.166. The Balaban J connectivity index is 3.37. The van der Waals surface area contributed by atoms with Gasteiger partial charge in [0.15, 0.2) is 14.9 Å². The predicted octanol–water partition coefficient (Wildman–Crippen LogP) is 0.644. The molecule has 0 spiro atoms. The molecule has 0 aromatic heterocycles. The zero-order valence-corrected chi connectivity index (χ0v) is 10.6. The molecule has 0 rings (SSSR count). The number of nitrogens with two attached hydrogens (primary N) is 1. The molecule has 0 amide bonds. The zero-order valence-electron chi connectivity index (χ0n) is 9.49. The Hall–Kier alpha value is 0.0569. The second kappa shape index (κ2) is 9.61. The molecule has 0 aliphatic carbocycles. The summed E-state index contributed by atoms with van der Waals surface area (Å²) in [5.74, 6) is -0.166. The minimum atomic E-state index is -1.39. The first-order valence-corrected chi connectivity index (χ1v) is 7.30. The second-order valence-corrected chi connectivity index (χ2v) is 5.71. The highest BCUT2D eigenvalue weighted by Crippen LogP contribution is 2.02. The molecular weight excluding hydrogens is 198 g/mol. The number of ether oxygens (including phenoxy) is 3. The Morgan fingerprint density at radius 3 is 2.36 bits per heavy atom. The zero-order chi connectivity index (χ0) is 10.8. The summed E-state index contributed by atoms with van der Waals surface area (Å²) >= 11 is 0. The standard InChI is InChI=1S/C9H23NO3Si/c1-4-6-13-7-5-8-14(10)9(11-2)12-3/h9,14H,4-8,10H2,1-3H3. The lowest BCUT2D eigenvalue weighted by Gasteiger charge is -2.19. The van der Waals surface area contributed by atoms with Gasteiger partial charge < -0.3 is 19.6 Å². The van der Waals surface area contributed by atoms with Crippen LogP contribution in [-0.4, -0.2) is 42.3 Å². The van der Waals surface area contributed by atoms with Crippen LogP contribution in [0.3, 0.4) is 0 Å². The van der Waals surface area contributed by atoms with Gasteiger partial charge in [0.25, 0.3) is 0 Å². The number of hydrogen-bond donors (Lipinski definition) is 1. The molecule has 0 aromatic carbocycles. The van der Waals surface area contributed by atoms with Crippen molar-refractivity contribution in [2.45, 2.75) is 31.7 Å². The van der Waals surface area contributed by atoms with Crippen molar-refractivity contribution in [3.05, 3.63) is 0 Å². The Morgan fingerprint density at radius 1 is 1.21 bits per heavy atom. The Bertz CT molecular complexity index is 123. The highest BCUT2D eigenvalue weighted by Gasteiger charge is 2.17. The Labute approximate surface area is 88.4 Å². The van der Waals surface area contributed by atoms with Crippen LogP contribution in [-0.2, 0) is 14.2 Å². The fourth-order valence-corrected chi connectivity index (χ4v) is 2.86. The third-order valence-electron chi connectivity index (χ3n) is 1.99. The van der Waals surface area contributed by atoms with Crippen molar-refractivity contribution in [2.24, 2.45) is 5.40 Å². The molecule has 4 nitrogen and oxygen atoms in total. The van der Waals surface area contributed by atoms with Gasteiger partial charge in [0.2, 0.25) is 0 Å². The first-order valence-electron chi connectivity index (χ1n) is 5.15. The summed E-state index contributed by atoms with van der Waals surface area (Å²) < 4.78 is 15.6. The molecule has 86 valence electrons. The summed E-state index contributed by atoms with van der Waals surface area (Å²) in [4.78, 5) is 0. The molecule has 2 N–H and O–H groups in total. The van der Waals surface area contributed by atoms with Gasteiger partial charge in [-0.15, -0.1) is 0 Å². The van der Waals surface area contributed by atoms with E-state index in [1.54, 1.807) is 14.2 Å². The lowest BCUT2D eigenvalue weighted by molar-refractivity contribution is -0.0476. The maximum absolute atomic E-state index is 5.99. The maximum Gasteiger partial charge on any atom is 0.172 e. The van der Waals surface area contributed by atoms with E-state index in [9.17, 15) is 0 Å². The summed E-state index contributed by atoms with van der Waals surface area (Å²) in [5, 5.41) is 5.99. The molecule has 0 fully saturated rings. The first-order chi connectivity index (χ1) is 6.76. The number of hydrogen-bond acceptors (Lipinski definition) is 4. The van der Waals surface area contributed by atoms with Gasteiger partial charge in [-0.25, -0.2) is 0 Å². The molecule has 0 bridgehead atoms. The van der Waals surface area contributed by atoms with Gasteiger partial charge in [-0.1, -0.05) is 6.92 Å². The van der Waals surface area contributed by atoms with Crippen molar-refractivity contribution >= 4 is 8.96 Å². The third-order valence-corrected chi connectivity index (χ3v) is 4.31. The normalized spacial score (nSPS) is 13.5. The molecule has 14 heavy (non-hydrogen) atoms. The fraction of sp³-hybridized carbons (Fsp3) is 1.00. The lowest BCUT2D eigenvalue weighted by Crippen LogP contribution is -2.42. The lowest BCUT2D eigenvalue weighted by atomic mass is 10.5. The van der Waals surface area contributed by atoms with Crippen molar-refractivity contribution < 1.29 is 14.2 Å². The molecule has 0 aliphatic heterocycles. The average Bonchev–Trinajstić information content (AvgIpc) is 2.19. The summed E-state index contributed by atoms with van der Waals surface area (Å²) in [7, 11) is 1.87. The first kappa shape index (κ1) is 14.1. The van der Waals surface area contributed by atoms with E-state index in [0.717, 1.165) is 32.1 Å². The van der Waals surface area contributed by atoms with Crippen molar-refractivity contribution in [3.8, 4) is 0 Å². The van der Waals surface area contributed by atoms with E-state index in [-0.39, 0.29) is 5.91 Å². The van der Waals surface area contributed by atoms with E-state index < -0.39 is 8.96 Å². The van der Waals surface area contributed by atoms with Gasteiger partial charge in [0.05, 0.1) is 0 Å². The Kier molecular flexibility index (Phi) is 9.64. The number of methoxy groups -OCH3 is 2. The smallest absolute Gasteiger partial charge is 0.172 e. The minimum Gasteiger partial charge on any atom is -0.381 e. The van der Waals surface area contributed by atoms with E-state index in [2.05, 4.69) is 6.92 Å². The van der Waals surface area contributed by atoms with Gasteiger partial charge >= 0.3 is 0 Å². The largest absolute Gasteiger partial charge is 0.381 e. The molecule has 0 saturated heterocycles. The second-order valence-electron chi connectivity index (χ2n) is 3.26. The van der Waals surface area contributed by atoms with E-state index in [1.807, 2.05) is 0 Å². The topological polar surface area (TPSA) is 53.7 Å². The average molecular weight is 221 g/mol. The molecule has 1 unspecified atom stereocenters. The molecule has 0 radical (unpaired) electrons. The van der Waals surface area contributed by atoms with Gasteiger partial charge in [0, 0.05) is 27.4 Å². The molecule has 0 aromatic rings. The van der Waals surface area contributed by atoms with E-state index >= 15 is 0 Å². The van der Waals surface area contributed by atoms with Crippen LogP contribution in [0.2, 0.25) is 6.04 Å². The van der Waals surface area contributed by atoms with Gasteiger partial charge in [-0.05, 0) is 18.9 Å². The molecule has 0 saturated carbocycles. The quantitative estimate of drug-likeness (QED) is 0.353. The van der Waals surface area contributed by atoms with E-state index in [0.29, 0.717) is 0 Å². The highest BCUT2D eigenvalue weighted by molar-refractivity contribution is 6.56. The van der Waals surface area contributed by atoms with Gasteiger partial charge in [0.1, 0.15) is 0 Å². The summed E-state index contributed by atoms with van der Waals surface area (Å²) in [6, 6.07) is 0.996. The molecule has 0 heterocycles.